The molecule has 1 unspecified atom stereocenters. The van der Waals surface area contributed by atoms with Crippen molar-refractivity contribution in [3.8, 4) is 0 Å². The van der Waals surface area contributed by atoms with Crippen molar-refractivity contribution in [1.82, 2.24) is 25.2 Å². The lowest BCUT2D eigenvalue weighted by atomic mass is 10.1. The molecule has 0 fully saturated rings. The van der Waals surface area contributed by atoms with Gasteiger partial charge in [0, 0.05) is 37.4 Å². The molecule has 3 aromatic rings. The third-order valence-corrected chi connectivity index (χ3v) is 4.15. The predicted molar refractivity (Wildman–Crippen MR) is 95.0 cm³/mol. The number of hydrogen-bond acceptors (Lipinski definition) is 5. The highest BCUT2D eigenvalue weighted by atomic mass is 16.4. The van der Waals surface area contributed by atoms with Crippen molar-refractivity contribution in [3.63, 3.8) is 0 Å². The number of nitrogens with zero attached hydrogens (tertiary/aromatic N) is 3. The highest BCUT2D eigenvalue weighted by molar-refractivity contribution is 5.88. The molecule has 0 aliphatic carbocycles. The molecule has 0 bridgehead atoms. The maximum atomic E-state index is 12.5. The molecule has 7 heteroatoms. The van der Waals surface area contributed by atoms with Gasteiger partial charge in [0.1, 0.15) is 5.76 Å². The van der Waals surface area contributed by atoms with E-state index in [-0.39, 0.29) is 11.9 Å². The van der Waals surface area contributed by atoms with Crippen molar-refractivity contribution in [3.05, 3.63) is 48.1 Å². The van der Waals surface area contributed by atoms with Gasteiger partial charge in [0.25, 0.3) is 0 Å². The SMILES string of the molecule is Cc1cnc(CNC(C)CN(C)C(=O)Cc2c[nH]c3cnccc23)o1. The molecule has 0 aliphatic rings. The molecule has 25 heavy (non-hydrogen) atoms. The molecular formula is C18H23N5O2. The second-order valence-corrected chi connectivity index (χ2v) is 6.33. The summed E-state index contributed by atoms with van der Waals surface area (Å²) >= 11 is 0. The zero-order valence-corrected chi connectivity index (χ0v) is 14.7. The Morgan fingerprint density at radius 1 is 1.44 bits per heavy atom. The molecule has 0 saturated heterocycles. The van der Waals surface area contributed by atoms with E-state index in [0.29, 0.717) is 25.4 Å². The van der Waals surface area contributed by atoms with Crippen LogP contribution in [0.5, 0.6) is 0 Å². The fourth-order valence-corrected chi connectivity index (χ4v) is 2.80. The Balaban J connectivity index is 1.51. The second kappa shape index (κ2) is 7.48. The molecule has 1 amide bonds. The van der Waals surface area contributed by atoms with Gasteiger partial charge >= 0.3 is 0 Å². The fraction of sp³-hybridized carbons (Fsp3) is 0.389. The van der Waals surface area contributed by atoms with Crippen LogP contribution in [0.1, 0.15) is 24.1 Å². The molecule has 3 rings (SSSR count). The lowest BCUT2D eigenvalue weighted by molar-refractivity contribution is -0.129. The molecular weight excluding hydrogens is 318 g/mol. The summed E-state index contributed by atoms with van der Waals surface area (Å²) in [5, 5.41) is 4.37. The Kier molecular flexibility index (Phi) is 5.14. The molecule has 7 nitrogen and oxygen atoms in total. The van der Waals surface area contributed by atoms with E-state index in [0.717, 1.165) is 22.2 Å². The molecule has 0 radical (unpaired) electrons. The molecule has 0 spiro atoms. The van der Waals surface area contributed by atoms with Gasteiger partial charge in [-0.2, -0.15) is 0 Å². The minimum absolute atomic E-state index is 0.0818. The van der Waals surface area contributed by atoms with Gasteiger partial charge in [0.15, 0.2) is 0 Å². The van der Waals surface area contributed by atoms with Crippen LogP contribution in [0, 0.1) is 6.92 Å². The van der Waals surface area contributed by atoms with Crippen molar-refractivity contribution >= 4 is 16.8 Å². The van der Waals surface area contributed by atoms with Gasteiger partial charge < -0.3 is 19.6 Å². The maximum Gasteiger partial charge on any atom is 0.226 e. The number of H-pyrrole nitrogens is 1. The number of aryl methyl sites for hydroxylation is 1. The standard InChI is InChI=1S/C18H23N5O2/c1-12(20-10-17-22-7-13(2)25-17)11-23(3)18(24)6-14-8-21-16-9-19-5-4-15(14)16/h4-5,7-9,12,20-21H,6,10-11H2,1-3H3. The highest BCUT2D eigenvalue weighted by Gasteiger charge is 2.15. The summed E-state index contributed by atoms with van der Waals surface area (Å²) in [5.74, 6) is 1.54. The van der Waals surface area contributed by atoms with E-state index in [1.165, 1.54) is 0 Å². The number of likely N-dealkylation sites (N-methyl/N-ethyl adjacent to an activating group) is 1. The zero-order chi connectivity index (χ0) is 17.8. The van der Waals surface area contributed by atoms with Gasteiger partial charge in [-0.3, -0.25) is 9.78 Å². The van der Waals surface area contributed by atoms with Crippen molar-refractivity contribution in [2.45, 2.75) is 32.9 Å². The van der Waals surface area contributed by atoms with Crippen molar-refractivity contribution < 1.29 is 9.21 Å². The number of carbonyl (C=O) groups excluding carboxylic acids is 1. The molecule has 132 valence electrons. The van der Waals surface area contributed by atoms with Gasteiger partial charge in [0.2, 0.25) is 11.8 Å². The first-order chi connectivity index (χ1) is 12.0. The first-order valence-electron chi connectivity index (χ1n) is 8.31. The number of amides is 1. The summed E-state index contributed by atoms with van der Waals surface area (Å²) in [6.07, 6.45) is 7.46. The van der Waals surface area contributed by atoms with Crippen LogP contribution < -0.4 is 5.32 Å². The Hall–Kier alpha value is -2.67. The third-order valence-electron chi connectivity index (χ3n) is 4.15. The van der Waals surface area contributed by atoms with Crippen LogP contribution in [0.15, 0.2) is 35.3 Å². The quantitative estimate of drug-likeness (QED) is 0.687. The van der Waals surface area contributed by atoms with E-state index in [9.17, 15) is 4.79 Å². The van der Waals surface area contributed by atoms with Crippen LogP contribution in [-0.4, -0.2) is 45.4 Å². The first-order valence-corrected chi connectivity index (χ1v) is 8.31. The van der Waals surface area contributed by atoms with E-state index in [2.05, 4.69) is 20.3 Å². The zero-order valence-electron chi connectivity index (χ0n) is 14.7. The number of oxazole rings is 1. The second-order valence-electron chi connectivity index (χ2n) is 6.33. The van der Waals surface area contributed by atoms with E-state index in [4.69, 9.17) is 4.42 Å². The van der Waals surface area contributed by atoms with Crippen LogP contribution in [0.25, 0.3) is 10.9 Å². The van der Waals surface area contributed by atoms with E-state index < -0.39 is 0 Å². The number of carbonyl (C=O) groups is 1. The monoisotopic (exact) mass is 341 g/mol. The molecule has 0 saturated carbocycles. The molecule has 1 atom stereocenters. The Morgan fingerprint density at radius 2 is 2.28 bits per heavy atom. The van der Waals surface area contributed by atoms with Crippen LogP contribution in [-0.2, 0) is 17.8 Å². The lowest BCUT2D eigenvalue weighted by Gasteiger charge is -2.22. The molecule has 3 aromatic heterocycles. The summed E-state index contributed by atoms with van der Waals surface area (Å²) in [4.78, 5) is 25.6. The van der Waals surface area contributed by atoms with Crippen LogP contribution in [0.2, 0.25) is 0 Å². The summed E-state index contributed by atoms with van der Waals surface area (Å²) in [6.45, 7) is 5.07. The summed E-state index contributed by atoms with van der Waals surface area (Å²) in [6, 6.07) is 2.06. The van der Waals surface area contributed by atoms with Gasteiger partial charge in [0.05, 0.1) is 30.9 Å². The van der Waals surface area contributed by atoms with E-state index >= 15 is 0 Å². The highest BCUT2D eigenvalue weighted by Crippen LogP contribution is 2.17. The Morgan fingerprint density at radius 3 is 3.04 bits per heavy atom. The number of aromatic amines is 1. The number of rotatable bonds is 7. The summed E-state index contributed by atoms with van der Waals surface area (Å²) in [7, 11) is 1.83. The smallest absolute Gasteiger partial charge is 0.226 e. The number of nitrogens with one attached hydrogen (secondary N) is 2. The Labute approximate surface area is 146 Å². The third kappa shape index (κ3) is 4.24. The van der Waals surface area contributed by atoms with E-state index in [1.54, 1.807) is 23.5 Å². The maximum absolute atomic E-state index is 12.5. The van der Waals surface area contributed by atoms with Crippen molar-refractivity contribution in [1.29, 1.82) is 0 Å². The largest absolute Gasteiger partial charge is 0.445 e. The lowest BCUT2D eigenvalue weighted by Crippen LogP contribution is -2.40. The van der Waals surface area contributed by atoms with Crippen LogP contribution >= 0.6 is 0 Å². The number of hydrogen-bond donors (Lipinski definition) is 2. The molecule has 2 N–H and O–H groups in total. The van der Waals surface area contributed by atoms with Gasteiger partial charge in [-0.25, -0.2) is 4.98 Å². The fourth-order valence-electron chi connectivity index (χ4n) is 2.80. The van der Waals surface area contributed by atoms with Crippen molar-refractivity contribution in [2.75, 3.05) is 13.6 Å². The number of fused-ring (bicyclic) bond motifs is 1. The van der Waals surface area contributed by atoms with Gasteiger partial charge in [-0.15, -0.1) is 0 Å². The number of pyridine rings is 1. The minimum atomic E-state index is 0.0818. The van der Waals surface area contributed by atoms with E-state index in [1.807, 2.05) is 33.2 Å². The normalized spacial score (nSPS) is 12.4. The van der Waals surface area contributed by atoms with Crippen molar-refractivity contribution in [2.24, 2.45) is 0 Å². The molecule has 0 aromatic carbocycles. The van der Waals surface area contributed by atoms with Gasteiger partial charge in [-0.1, -0.05) is 0 Å². The van der Waals surface area contributed by atoms with Crippen LogP contribution in [0.4, 0.5) is 0 Å². The average molecular weight is 341 g/mol. The topological polar surface area (TPSA) is 87.0 Å². The van der Waals surface area contributed by atoms with Gasteiger partial charge in [-0.05, 0) is 25.5 Å². The van der Waals surface area contributed by atoms with Crippen LogP contribution in [0.3, 0.4) is 0 Å². The Bertz CT molecular complexity index is 854. The first kappa shape index (κ1) is 17.2. The molecule has 3 heterocycles. The minimum Gasteiger partial charge on any atom is -0.445 e. The molecule has 0 aliphatic heterocycles. The number of aromatic nitrogens is 3. The predicted octanol–water partition coefficient (Wildman–Crippen LogP) is 2.04. The summed E-state index contributed by atoms with van der Waals surface area (Å²) < 4.78 is 5.43. The summed E-state index contributed by atoms with van der Waals surface area (Å²) in [5.41, 5.74) is 1.94. The average Bonchev–Trinajstić information content (AvgIpc) is 3.19.